The van der Waals surface area contributed by atoms with Crippen molar-refractivity contribution in [2.24, 2.45) is 5.73 Å². The van der Waals surface area contributed by atoms with Crippen LogP contribution in [0.15, 0.2) is 24.3 Å². The van der Waals surface area contributed by atoms with Crippen LogP contribution in [0.4, 0.5) is 0 Å². The summed E-state index contributed by atoms with van der Waals surface area (Å²) >= 11 is 0. The molecule has 0 aromatic heterocycles. The molecule has 124 valence electrons. The summed E-state index contributed by atoms with van der Waals surface area (Å²) in [7, 11) is -3.24. The molecule has 0 spiro atoms. The molecular formula is C16H26N2O3S. The SMILES string of the molecule is Cc1cccc(CS(=O)(=O)N2CCC(OCCCN)CC2)c1. The number of nitrogens with two attached hydrogens (primary N) is 1. The van der Waals surface area contributed by atoms with Crippen LogP contribution in [0.5, 0.6) is 0 Å². The van der Waals surface area contributed by atoms with Gasteiger partial charge >= 0.3 is 0 Å². The zero-order valence-corrected chi connectivity index (χ0v) is 14.0. The van der Waals surface area contributed by atoms with Gasteiger partial charge in [-0.05, 0) is 38.3 Å². The average molecular weight is 326 g/mol. The van der Waals surface area contributed by atoms with Gasteiger partial charge in [-0.2, -0.15) is 0 Å². The number of aryl methyl sites for hydroxylation is 1. The van der Waals surface area contributed by atoms with Gasteiger partial charge in [-0.3, -0.25) is 0 Å². The molecule has 1 saturated heterocycles. The molecule has 1 fully saturated rings. The second-order valence-electron chi connectivity index (χ2n) is 5.86. The van der Waals surface area contributed by atoms with Gasteiger partial charge in [-0.15, -0.1) is 0 Å². The van der Waals surface area contributed by atoms with Gasteiger partial charge in [0.1, 0.15) is 0 Å². The van der Waals surface area contributed by atoms with Crippen molar-refractivity contribution < 1.29 is 13.2 Å². The van der Waals surface area contributed by atoms with Gasteiger partial charge in [0.15, 0.2) is 0 Å². The van der Waals surface area contributed by atoms with E-state index in [1.807, 2.05) is 31.2 Å². The number of hydrogen-bond acceptors (Lipinski definition) is 4. The van der Waals surface area contributed by atoms with Crippen molar-refractivity contribution in [3.05, 3.63) is 35.4 Å². The molecule has 5 nitrogen and oxygen atoms in total. The normalized spacial score (nSPS) is 17.7. The molecule has 0 amide bonds. The molecule has 0 bridgehead atoms. The number of ether oxygens (including phenoxy) is 1. The van der Waals surface area contributed by atoms with Crippen LogP contribution in [-0.2, 0) is 20.5 Å². The standard InChI is InChI=1S/C16H26N2O3S/c1-14-4-2-5-15(12-14)13-22(19,20)18-9-6-16(7-10-18)21-11-3-8-17/h2,4-5,12,16H,3,6-11,13,17H2,1H3. The van der Waals surface area contributed by atoms with Gasteiger partial charge in [0, 0.05) is 19.7 Å². The Hall–Kier alpha value is -0.950. The molecule has 0 saturated carbocycles. The summed E-state index contributed by atoms with van der Waals surface area (Å²) in [6.45, 7) is 4.35. The van der Waals surface area contributed by atoms with Crippen molar-refractivity contribution in [2.75, 3.05) is 26.2 Å². The van der Waals surface area contributed by atoms with E-state index in [2.05, 4.69) is 0 Å². The molecule has 1 aliphatic rings. The first-order valence-electron chi connectivity index (χ1n) is 7.86. The zero-order chi connectivity index (χ0) is 16.0. The Balaban J connectivity index is 1.87. The number of benzene rings is 1. The number of rotatable bonds is 7. The van der Waals surface area contributed by atoms with E-state index in [1.165, 1.54) is 0 Å². The smallest absolute Gasteiger partial charge is 0.218 e. The summed E-state index contributed by atoms with van der Waals surface area (Å²) in [6.07, 6.45) is 2.54. The molecule has 2 N–H and O–H groups in total. The predicted octanol–water partition coefficient (Wildman–Crippen LogP) is 1.65. The summed E-state index contributed by atoms with van der Waals surface area (Å²) in [5, 5.41) is 0. The third-order valence-corrected chi connectivity index (χ3v) is 5.78. The average Bonchev–Trinajstić information content (AvgIpc) is 2.47. The largest absolute Gasteiger partial charge is 0.378 e. The van der Waals surface area contributed by atoms with E-state index in [0.29, 0.717) is 26.2 Å². The highest BCUT2D eigenvalue weighted by Gasteiger charge is 2.28. The number of nitrogens with zero attached hydrogens (tertiary/aromatic N) is 1. The van der Waals surface area contributed by atoms with Crippen molar-refractivity contribution in [3.8, 4) is 0 Å². The van der Waals surface area contributed by atoms with Gasteiger partial charge in [0.05, 0.1) is 11.9 Å². The summed E-state index contributed by atoms with van der Waals surface area (Å²) < 4.78 is 32.3. The number of sulfonamides is 1. The Morgan fingerprint density at radius 2 is 2.05 bits per heavy atom. The maximum Gasteiger partial charge on any atom is 0.218 e. The van der Waals surface area contributed by atoms with E-state index in [4.69, 9.17) is 10.5 Å². The van der Waals surface area contributed by atoms with Crippen molar-refractivity contribution >= 4 is 10.0 Å². The van der Waals surface area contributed by atoms with Crippen molar-refractivity contribution in [2.45, 2.75) is 38.0 Å². The highest BCUT2D eigenvalue weighted by atomic mass is 32.2. The third-order valence-electron chi connectivity index (χ3n) is 3.93. The van der Waals surface area contributed by atoms with Crippen LogP contribution in [0.1, 0.15) is 30.4 Å². The van der Waals surface area contributed by atoms with Gasteiger partial charge in [-0.1, -0.05) is 29.8 Å². The second kappa shape index (κ2) is 8.06. The van der Waals surface area contributed by atoms with Crippen LogP contribution in [0.3, 0.4) is 0 Å². The van der Waals surface area contributed by atoms with Gasteiger partial charge < -0.3 is 10.5 Å². The second-order valence-corrected chi connectivity index (χ2v) is 7.83. The third kappa shape index (κ3) is 5.05. The lowest BCUT2D eigenvalue weighted by atomic mass is 10.1. The maximum atomic E-state index is 12.5. The van der Waals surface area contributed by atoms with E-state index in [-0.39, 0.29) is 11.9 Å². The summed E-state index contributed by atoms with van der Waals surface area (Å²) in [5.41, 5.74) is 7.37. The fourth-order valence-corrected chi connectivity index (χ4v) is 4.26. The van der Waals surface area contributed by atoms with Crippen LogP contribution >= 0.6 is 0 Å². The van der Waals surface area contributed by atoms with Crippen LogP contribution in [0.2, 0.25) is 0 Å². The van der Waals surface area contributed by atoms with Gasteiger partial charge in [0.25, 0.3) is 0 Å². The summed E-state index contributed by atoms with van der Waals surface area (Å²) in [5.74, 6) is 0.0768. The minimum atomic E-state index is -3.24. The Labute approximate surface area is 133 Å². The Kier molecular flexibility index (Phi) is 6.37. The lowest BCUT2D eigenvalue weighted by molar-refractivity contribution is 0.0208. The molecule has 1 aromatic carbocycles. The van der Waals surface area contributed by atoms with Crippen LogP contribution in [-0.4, -0.2) is 45.1 Å². The highest BCUT2D eigenvalue weighted by Crippen LogP contribution is 2.20. The fourth-order valence-electron chi connectivity index (χ4n) is 2.71. The van der Waals surface area contributed by atoms with Crippen molar-refractivity contribution in [1.82, 2.24) is 4.31 Å². The fraction of sp³-hybridized carbons (Fsp3) is 0.625. The number of hydrogen-bond donors (Lipinski definition) is 1. The quantitative estimate of drug-likeness (QED) is 0.773. The Morgan fingerprint density at radius 3 is 2.68 bits per heavy atom. The van der Waals surface area contributed by atoms with Gasteiger partial charge in [-0.25, -0.2) is 12.7 Å². The molecule has 6 heteroatoms. The molecule has 1 aromatic rings. The first kappa shape index (κ1) is 17.4. The molecule has 2 rings (SSSR count). The first-order valence-corrected chi connectivity index (χ1v) is 9.47. The topological polar surface area (TPSA) is 72.6 Å². The molecule has 0 radical (unpaired) electrons. The van der Waals surface area contributed by atoms with E-state index in [1.54, 1.807) is 4.31 Å². The molecule has 22 heavy (non-hydrogen) atoms. The molecule has 0 aliphatic carbocycles. The van der Waals surface area contributed by atoms with E-state index >= 15 is 0 Å². The minimum absolute atomic E-state index is 0.0768. The molecule has 1 heterocycles. The molecule has 0 unspecified atom stereocenters. The molecule has 1 aliphatic heterocycles. The zero-order valence-electron chi connectivity index (χ0n) is 13.2. The first-order chi connectivity index (χ1) is 10.5. The van der Waals surface area contributed by atoms with Gasteiger partial charge in [0.2, 0.25) is 10.0 Å². The Bertz CT molecular complexity index is 567. The van der Waals surface area contributed by atoms with E-state index in [9.17, 15) is 8.42 Å². The van der Waals surface area contributed by atoms with E-state index in [0.717, 1.165) is 30.4 Å². The number of piperidine rings is 1. The Morgan fingerprint density at radius 1 is 1.32 bits per heavy atom. The van der Waals surface area contributed by atoms with Crippen LogP contribution in [0, 0.1) is 6.92 Å². The summed E-state index contributed by atoms with van der Waals surface area (Å²) in [4.78, 5) is 0. The minimum Gasteiger partial charge on any atom is -0.378 e. The van der Waals surface area contributed by atoms with Crippen molar-refractivity contribution in [3.63, 3.8) is 0 Å². The van der Waals surface area contributed by atoms with E-state index < -0.39 is 10.0 Å². The maximum absolute atomic E-state index is 12.5. The lowest BCUT2D eigenvalue weighted by Crippen LogP contribution is -2.41. The molecule has 0 atom stereocenters. The van der Waals surface area contributed by atoms with Crippen molar-refractivity contribution in [1.29, 1.82) is 0 Å². The molecular weight excluding hydrogens is 300 g/mol. The van der Waals surface area contributed by atoms with Crippen LogP contribution in [0.25, 0.3) is 0 Å². The summed E-state index contributed by atoms with van der Waals surface area (Å²) in [6, 6.07) is 7.67. The predicted molar refractivity (Wildman–Crippen MR) is 88.0 cm³/mol. The highest BCUT2D eigenvalue weighted by molar-refractivity contribution is 7.88. The van der Waals surface area contributed by atoms with Crippen LogP contribution < -0.4 is 5.73 Å². The monoisotopic (exact) mass is 326 g/mol. The lowest BCUT2D eigenvalue weighted by Gasteiger charge is -2.31.